The maximum Gasteiger partial charge on any atom is 0.234 e. The third-order valence-corrected chi connectivity index (χ3v) is 6.54. The largest absolute Gasteiger partial charge is 0.497 e. The van der Waals surface area contributed by atoms with Crippen LogP contribution in [0.3, 0.4) is 0 Å². The van der Waals surface area contributed by atoms with Gasteiger partial charge in [-0.2, -0.15) is 4.98 Å². The monoisotopic (exact) mass is 454 g/mol. The first kappa shape index (κ1) is 21.0. The summed E-state index contributed by atoms with van der Waals surface area (Å²) in [7, 11) is -2.30. The molecule has 8 heteroatoms. The van der Waals surface area contributed by atoms with E-state index in [9.17, 15) is 8.42 Å². The van der Waals surface area contributed by atoms with Crippen LogP contribution in [0.25, 0.3) is 11.5 Å². The summed E-state index contributed by atoms with van der Waals surface area (Å²) >= 11 is 5.96. The highest BCUT2D eigenvalue weighted by Gasteiger charge is 2.28. The lowest BCUT2D eigenvalue weighted by Crippen LogP contribution is -2.07. The predicted molar refractivity (Wildman–Crippen MR) is 119 cm³/mol. The summed E-state index contributed by atoms with van der Waals surface area (Å²) < 4.78 is 37.5. The molecule has 0 amide bonds. The number of ether oxygens (including phenoxy) is 1. The molecule has 0 aliphatic rings. The fourth-order valence-electron chi connectivity index (χ4n) is 2.95. The van der Waals surface area contributed by atoms with Crippen LogP contribution in [0, 0.1) is 0 Å². The van der Waals surface area contributed by atoms with Crippen molar-refractivity contribution in [1.29, 1.82) is 0 Å². The Bertz CT molecular complexity index is 1270. The molecule has 4 rings (SSSR count). The van der Waals surface area contributed by atoms with Gasteiger partial charge in [0.25, 0.3) is 0 Å². The van der Waals surface area contributed by atoms with Crippen molar-refractivity contribution in [3.63, 3.8) is 0 Å². The zero-order chi connectivity index (χ0) is 21.8. The van der Waals surface area contributed by atoms with Crippen molar-refractivity contribution in [2.45, 2.75) is 16.5 Å². The van der Waals surface area contributed by atoms with E-state index in [1.165, 1.54) is 12.1 Å². The highest BCUT2D eigenvalue weighted by Crippen LogP contribution is 2.33. The smallest absolute Gasteiger partial charge is 0.234 e. The molecule has 0 fully saturated rings. The second kappa shape index (κ2) is 8.83. The minimum Gasteiger partial charge on any atom is -0.497 e. The van der Waals surface area contributed by atoms with Crippen molar-refractivity contribution in [2.24, 2.45) is 0 Å². The Labute approximate surface area is 185 Å². The maximum absolute atomic E-state index is 13.2. The van der Waals surface area contributed by atoms with Gasteiger partial charge in [-0.3, -0.25) is 0 Å². The van der Waals surface area contributed by atoms with Gasteiger partial charge in [0.15, 0.2) is 0 Å². The van der Waals surface area contributed by atoms with E-state index < -0.39 is 9.84 Å². The topological polar surface area (TPSA) is 81.4 Å². The van der Waals surface area contributed by atoms with Crippen LogP contribution in [0.2, 0.25) is 5.02 Å². The van der Waals surface area contributed by atoms with Gasteiger partial charge >= 0.3 is 0 Å². The molecule has 6 nitrogen and oxygen atoms in total. The van der Waals surface area contributed by atoms with Crippen LogP contribution in [0.4, 0.5) is 5.88 Å². The van der Waals surface area contributed by atoms with Gasteiger partial charge in [0.1, 0.15) is 5.75 Å². The molecule has 4 aromatic rings. The zero-order valence-electron chi connectivity index (χ0n) is 16.6. The summed E-state index contributed by atoms with van der Waals surface area (Å²) in [5, 5.41) is 3.46. The van der Waals surface area contributed by atoms with Gasteiger partial charge in [0.05, 0.1) is 12.0 Å². The van der Waals surface area contributed by atoms with E-state index in [-0.39, 0.29) is 21.7 Å². The van der Waals surface area contributed by atoms with Crippen molar-refractivity contribution < 1.29 is 17.6 Å². The van der Waals surface area contributed by atoms with Gasteiger partial charge in [0.2, 0.25) is 26.6 Å². The van der Waals surface area contributed by atoms with Crippen LogP contribution in [0.15, 0.2) is 93.2 Å². The SMILES string of the molecule is COc1ccc(CNc2oc(-c3ccc(Cl)cc3)nc2S(=O)(=O)c2ccccc2)cc1. The third-order valence-electron chi connectivity index (χ3n) is 4.61. The lowest BCUT2D eigenvalue weighted by atomic mass is 10.2. The normalized spacial score (nSPS) is 11.3. The number of hydrogen-bond donors (Lipinski definition) is 1. The third kappa shape index (κ3) is 4.57. The van der Waals surface area contributed by atoms with Crippen molar-refractivity contribution in [3.05, 3.63) is 89.4 Å². The van der Waals surface area contributed by atoms with E-state index in [4.69, 9.17) is 20.8 Å². The van der Waals surface area contributed by atoms with Crippen LogP contribution in [-0.2, 0) is 16.4 Å². The first-order chi connectivity index (χ1) is 15.0. The highest BCUT2D eigenvalue weighted by molar-refractivity contribution is 7.91. The molecule has 0 bridgehead atoms. The van der Waals surface area contributed by atoms with Crippen LogP contribution in [0.1, 0.15) is 5.56 Å². The lowest BCUT2D eigenvalue weighted by molar-refractivity contribution is 0.414. The van der Waals surface area contributed by atoms with E-state index in [1.807, 2.05) is 24.3 Å². The Morgan fingerprint density at radius 2 is 1.65 bits per heavy atom. The predicted octanol–water partition coefficient (Wildman–Crippen LogP) is 5.45. The second-order valence-electron chi connectivity index (χ2n) is 6.68. The molecular formula is C23H19ClN2O4S. The Hall–Kier alpha value is -3.29. The molecule has 31 heavy (non-hydrogen) atoms. The Morgan fingerprint density at radius 1 is 0.968 bits per heavy atom. The summed E-state index contributed by atoms with van der Waals surface area (Å²) in [6.07, 6.45) is 0. The number of anilines is 1. The molecule has 0 radical (unpaired) electrons. The van der Waals surface area contributed by atoms with E-state index in [0.717, 1.165) is 11.3 Å². The number of nitrogens with zero attached hydrogens (tertiary/aromatic N) is 1. The van der Waals surface area contributed by atoms with E-state index >= 15 is 0 Å². The minimum absolute atomic E-state index is 0.0737. The summed E-state index contributed by atoms with van der Waals surface area (Å²) in [4.78, 5) is 4.46. The molecule has 158 valence electrons. The van der Waals surface area contributed by atoms with Gasteiger partial charge in [-0.25, -0.2) is 8.42 Å². The molecule has 0 atom stereocenters. The Kier molecular flexibility index (Phi) is 5.97. The molecule has 1 aromatic heterocycles. The average molecular weight is 455 g/mol. The number of sulfone groups is 1. The number of oxazole rings is 1. The molecule has 0 unspecified atom stereocenters. The van der Waals surface area contributed by atoms with Crippen molar-refractivity contribution in [1.82, 2.24) is 4.98 Å². The maximum atomic E-state index is 13.2. The van der Waals surface area contributed by atoms with E-state index in [1.54, 1.807) is 49.6 Å². The number of halogens is 1. The van der Waals surface area contributed by atoms with Crippen LogP contribution in [-0.4, -0.2) is 20.5 Å². The van der Waals surface area contributed by atoms with Gasteiger partial charge in [-0.15, -0.1) is 0 Å². The van der Waals surface area contributed by atoms with Crippen LogP contribution < -0.4 is 10.1 Å². The van der Waals surface area contributed by atoms with Crippen LogP contribution in [0.5, 0.6) is 5.75 Å². The molecular weight excluding hydrogens is 436 g/mol. The van der Waals surface area contributed by atoms with E-state index in [2.05, 4.69) is 10.3 Å². The first-order valence-corrected chi connectivity index (χ1v) is 11.3. The van der Waals surface area contributed by atoms with Crippen molar-refractivity contribution in [3.8, 4) is 17.2 Å². The lowest BCUT2D eigenvalue weighted by Gasteiger charge is -2.07. The number of aromatic nitrogens is 1. The molecule has 0 spiro atoms. The Balaban J connectivity index is 1.71. The fraction of sp³-hybridized carbons (Fsp3) is 0.0870. The minimum atomic E-state index is -3.89. The quantitative estimate of drug-likeness (QED) is 0.400. The van der Waals surface area contributed by atoms with Crippen LogP contribution >= 0.6 is 11.6 Å². The van der Waals surface area contributed by atoms with Crippen molar-refractivity contribution >= 4 is 27.3 Å². The molecule has 0 aliphatic heterocycles. The number of nitrogens with one attached hydrogen (secondary N) is 1. The molecule has 1 heterocycles. The number of methoxy groups -OCH3 is 1. The molecule has 3 aromatic carbocycles. The summed E-state index contributed by atoms with van der Waals surface area (Å²) in [6.45, 7) is 0.344. The fourth-order valence-corrected chi connectivity index (χ4v) is 4.38. The molecule has 1 N–H and O–H groups in total. The standard InChI is InChI=1S/C23H19ClN2O4S/c1-29-19-13-7-16(8-14-19)15-25-22-23(31(27,28)20-5-3-2-4-6-20)26-21(30-22)17-9-11-18(24)12-10-17/h2-14,25H,15H2,1H3. The zero-order valence-corrected chi connectivity index (χ0v) is 18.2. The number of benzene rings is 3. The Morgan fingerprint density at radius 3 is 2.29 bits per heavy atom. The van der Waals surface area contributed by atoms with Gasteiger partial charge in [-0.1, -0.05) is 41.9 Å². The molecule has 0 saturated carbocycles. The summed E-state index contributed by atoms with van der Waals surface area (Å²) in [6, 6.07) is 22.4. The summed E-state index contributed by atoms with van der Waals surface area (Å²) in [5.41, 5.74) is 1.54. The van der Waals surface area contributed by atoms with Gasteiger partial charge < -0.3 is 14.5 Å². The molecule has 0 saturated heterocycles. The average Bonchev–Trinajstić information content (AvgIpc) is 3.24. The second-order valence-corrected chi connectivity index (χ2v) is 8.98. The number of rotatable bonds is 7. The molecule has 0 aliphatic carbocycles. The summed E-state index contributed by atoms with van der Waals surface area (Å²) in [5.74, 6) is 0.994. The first-order valence-electron chi connectivity index (χ1n) is 9.41. The number of hydrogen-bond acceptors (Lipinski definition) is 6. The van der Waals surface area contributed by atoms with Gasteiger partial charge in [0, 0.05) is 17.1 Å². The highest BCUT2D eigenvalue weighted by atomic mass is 35.5. The van der Waals surface area contributed by atoms with Gasteiger partial charge in [-0.05, 0) is 54.1 Å². The van der Waals surface area contributed by atoms with Crippen molar-refractivity contribution in [2.75, 3.05) is 12.4 Å². The van der Waals surface area contributed by atoms with E-state index in [0.29, 0.717) is 17.1 Å².